The number of aliphatic hydroxyl groups is 1. The predicted octanol–water partition coefficient (Wildman–Crippen LogP) is 3.67. The van der Waals surface area contributed by atoms with Crippen LogP contribution in [-0.4, -0.2) is 12.2 Å². The maximum absolute atomic E-state index is 13.2. The van der Waals surface area contributed by atoms with Gasteiger partial charge in [-0.15, -0.1) is 0 Å². The SMILES string of the molecule is COc1c(C)cc(C(O)c2ccc(F)c(F)c2)cc1C. The molecule has 4 heteroatoms. The fraction of sp³-hybridized carbons (Fsp3) is 0.250. The molecule has 0 aliphatic rings. The molecule has 0 amide bonds. The zero-order valence-corrected chi connectivity index (χ0v) is 11.6. The highest BCUT2D eigenvalue weighted by Gasteiger charge is 2.15. The smallest absolute Gasteiger partial charge is 0.159 e. The van der Waals surface area contributed by atoms with E-state index in [-0.39, 0.29) is 0 Å². The molecule has 1 atom stereocenters. The molecule has 1 N–H and O–H groups in total. The fourth-order valence-corrected chi connectivity index (χ4v) is 2.34. The number of hydrogen-bond acceptors (Lipinski definition) is 2. The van der Waals surface area contributed by atoms with Crippen LogP contribution in [0.1, 0.15) is 28.4 Å². The highest BCUT2D eigenvalue weighted by Crippen LogP contribution is 2.30. The van der Waals surface area contributed by atoms with E-state index in [1.165, 1.54) is 6.07 Å². The largest absolute Gasteiger partial charge is 0.496 e. The van der Waals surface area contributed by atoms with E-state index in [1.807, 2.05) is 13.8 Å². The lowest BCUT2D eigenvalue weighted by atomic mass is 9.97. The lowest BCUT2D eigenvalue weighted by Gasteiger charge is -2.16. The fourth-order valence-electron chi connectivity index (χ4n) is 2.34. The minimum absolute atomic E-state index is 0.313. The van der Waals surface area contributed by atoms with Crippen molar-refractivity contribution in [2.45, 2.75) is 20.0 Å². The maximum atomic E-state index is 13.2. The third-order valence-corrected chi connectivity index (χ3v) is 3.26. The van der Waals surface area contributed by atoms with E-state index in [9.17, 15) is 13.9 Å². The first-order chi connectivity index (χ1) is 9.43. The van der Waals surface area contributed by atoms with Gasteiger partial charge in [-0.2, -0.15) is 0 Å². The van der Waals surface area contributed by atoms with E-state index in [4.69, 9.17) is 4.74 Å². The molecule has 0 heterocycles. The number of aliphatic hydroxyl groups excluding tert-OH is 1. The average molecular weight is 278 g/mol. The molecule has 1 unspecified atom stereocenters. The summed E-state index contributed by atoms with van der Waals surface area (Å²) in [5, 5.41) is 10.3. The lowest BCUT2D eigenvalue weighted by Crippen LogP contribution is -2.03. The number of hydrogen-bond donors (Lipinski definition) is 1. The van der Waals surface area contributed by atoms with Gasteiger partial charge in [0.15, 0.2) is 11.6 Å². The van der Waals surface area contributed by atoms with E-state index < -0.39 is 17.7 Å². The van der Waals surface area contributed by atoms with Gasteiger partial charge in [0.05, 0.1) is 7.11 Å². The topological polar surface area (TPSA) is 29.5 Å². The van der Waals surface area contributed by atoms with E-state index in [0.29, 0.717) is 11.1 Å². The van der Waals surface area contributed by atoms with Crippen LogP contribution in [0.5, 0.6) is 5.75 Å². The van der Waals surface area contributed by atoms with Crippen LogP contribution >= 0.6 is 0 Å². The molecular weight excluding hydrogens is 262 g/mol. The van der Waals surface area contributed by atoms with Gasteiger partial charge in [0, 0.05) is 0 Å². The number of methoxy groups -OCH3 is 1. The Labute approximate surface area is 116 Å². The minimum atomic E-state index is -1.01. The second kappa shape index (κ2) is 5.59. The predicted molar refractivity (Wildman–Crippen MR) is 72.9 cm³/mol. The Morgan fingerprint density at radius 3 is 2.05 bits per heavy atom. The van der Waals surface area contributed by atoms with Gasteiger partial charge < -0.3 is 9.84 Å². The third kappa shape index (κ3) is 2.65. The van der Waals surface area contributed by atoms with Crippen molar-refractivity contribution in [1.29, 1.82) is 0 Å². The molecule has 0 aliphatic carbocycles. The van der Waals surface area contributed by atoms with Crippen molar-refractivity contribution in [3.05, 3.63) is 64.2 Å². The monoisotopic (exact) mass is 278 g/mol. The number of ether oxygens (including phenoxy) is 1. The summed E-state index contributed by atoms with van der Waals surface area (Å²) in [4.78, 5) is 0. The van der Waals surface area contributed by atoms with Crippen molar-refractivity contribution in [2.75, 3.05) is 7.11 Å². The van der Waals surface area contributed by atoms with Crippen molar-refractivity contribution >= 4 is 0 Å². The molecule has 106 valence electrons. The third-order valence-electron chi connectivity index (χ3n) is 3.26. The van der Waals surface area contributed by atoms with Crippen LogP contribution in [0.3, 0.4) is 0 Å². The van der Waals surface area contributed by atoms with Crippen molar-refractivity contribution in [1.82, 2.24) is 0 Å². The molecule has 0 spiro atoms. The zero-order chi connectivity index (χ0) is 14.9. The minimum Gasteiger partial charge on any atom is -0.496 e. The van der Waals surface area contributed by atoms with Crippen LogP contribution in [0, 0.1) is 25.5 Å². The van der Waals surface area contributed by atoms with Gasteiger partial charge in [0.25, 0.3) is 0 Å². The lowest BCUT2D eigenvalue weighted by molar-refractivity contribution is 0.219. The average Bonchev–Trinajstić information content (AvgIpc) is 2.40. The molecule has 2 aromatic rings. The molecule has 2 nitrogen and oxygen atoms in total. The number of halogens is 2. The summed E-state index contributed by atoms with van der Waals surface area (Å²) in [6, 6.07) is 6.94. The van der Waals surface area contributed by atoms with E-state index in [2.05, 4.69) is 0 Å². The number of benzene rings is 2. The Morgan fingerprint density at radius 2 is 1.55 bits per heavy atom. The van der Waals surface area contributed by atoms with Crippen molar-refractivity contribution in [3.8, 4) is 5.75 Å². The van der Waals surface area contributed by atoms with Gasteiger partial charge in [-0.3, -0.25) is 0 Å². The normalized spacial score (nSPS) is 12.3. The molecule has 2 rings (SSSR count). The molecular formula is C16H16F2O2. The molecule has 0 saturated heterocycles. The first-order valence-electron chi connectivity index (χ1n) is 6.22. The van der Waals surface area contributed by atoms with Gasteiger partial charge in [-0.05, 0) is 60.4 Å². The van der Waals surface area contributed by atoms with Gasteiger partial charge in [-0.1, -0.05) is 6.07 Å². The Morgan fingerprint density at radius 1 is 0.950 bits per heavy atom. The quantitative estimate of drug-likeness (QED) is 0.928. The maximum Gasteiger partial charge on any atom is 0.159 e. The molecule has 0 radical (unpaired) electrons. The summed E-state index contributed by atoms with van der Waals surface area (Å²) >= 11 is 0. The van der Waals surface area contributed by atoms with Crippen LogP contribution in [0.25, 0.3) is 0 Å². The van der Waals surface area contributed by atoms with Crippen LogP contribution in [0.2, 0.25) is 0 Å². The Balaban J connectivity index is 2.42. The van der Waals surface area contributed by atoms with Crippen LogP contribution in [0.15, 0.2) is 30.3 Å². The standard InChI is InChI=1S/C16H16F2O2/c1-9-6-12(7-10(2)16(9)20-3)15(19)11-4-5-13(17)14(18)8-11/h4-8,15,19H,1-3H3. The highest BCUT2D eigenvalue weighted by atomic mass is 19.2. The zero-order valence-electron chi connectivity index (χ0n) is 11.6. The first kappa shape index (κ1) is 14.5. The van der Waals surface area contributed by atoms with Crippen molar-refractivity contribution < 1.29 is 18.6 Å². The Bertz CT molecular complexity index is 615. The first-order valence-corrected chi connectivity index (χ1v) is 6.22. The van der Waals surface area contributed by atoms with Gasteiger partial charge in [0.1, 0.15) is 11.9 Å². The van der Waals surface area contributed by atoms with Crippen molar-refractivity contribution in [3.63, 3.8) is 0 Å². The number of aryl methyl sites for hydroxylation is 2. The highest BCUT2D eigenvalue weighted by molar-refractivity contribution is 5.45. The molecule has 20 heavy (non-hydrogen) atoms. The second-order valence-corrected chi connectivity index (χ2v) is 4.76. The molecule has 0 aliphatic heterocycles. The second-order valence-electron chi connectivity index (χ2n) is 4.76. The molecule has 0 fully saturated rings. The van der Waals surface area contributed by atoms with Gasteiger partial charge >= 0.3 is 0 Å². The van der Waals surface area contributed by atoms with E-state index in [0.717, 1.165) is 29.0 Å². The van der Waals surface area contributed by atoms with Gasteiger partial charge in [-0.25, -0.2) is 8.78 Å². The Hall–Kier alpha value is -1.94. The van der Waals surface area contributed by atoms with Crippen LogP contribution in [0.4, 0.5) is 8.78 Å². The summed E-state index contributed by atoms with van der Waals surface area (Å²) in [7, 11) is 1.58. The van der Waals surface area contributed by atoms with Crippen molar-refractivity contribution in [2.24, 2.45) is 0 Å². The molecule has 0 bridgehead atoms. The van der Waals surface area contributed by atoms with Gasteiger partial charge in [0.2, 0.25) is 0 Å². The number of rotatable bonds is 3. The molecule has 0 saturated carbocycles. The summed E-state index contributed by atoms with van der Waals surface area (Å²) in [5.74, 6) is -1.14. The summed E-state index contributed by atoms with van der Waals surface area (Å²) in [6.07, 6.45) is -1.01. The van der Waals surface area contributed by atoms with Crippen LogP contribution < -0.4 is 4.74 Å². The molecule has 0 aromatic heterocycles. The Kier molecular flexibility index (Phi) is 4.04. The summed E-state index contributed by atoms with van der Waals surface area (Å²) in [5.41, 5.74) is 2.69. The van der Waals surface area contributed by atoms with Crippen LogP contribution in [-0.2, 0) is 0 Å². The summed E-state index contributed by atoms with van der Waals surface area (Å²) in [6.45, 7) is 3.74. The van der Waals surface area contributed by atoms with E-state index in [1.54, 1.807) is 19.2 Å². The summed E-state index contributed by atoms with van der Waals surface area (Å²) < 4.78 is 31.4. The van der Waals surface area contributed by atoms with E-state index >= 15 is 0 Å². The molecule has 2 aromatic carbocycles.